The van der Waals surface area contributed by atoms with E-state index in [0.29, 0.717) is 18.0 Å². The van der Waals surface area contributed by atoms with Gasteiger partial charge in [0, 0.05) is 57.8 Å². The SMILES string of the molecule is CN1CCN(CC[C@H]2CCCCN2C(=O)CCc2ccc(F)cc2F)CC1. The second-order valence-corrected chi connectivity index (χ2v) is 7.91. The summed E-state index contributed by atoms with van der Waals surface area (Å²) in [6.45, 7) is 6.25. The van der Waals surface area contributed by atoms with E-state index in [1.807, 2.05) is 4.90 Å². The van der Waals surface area contributed by atoms with Gasteiger partial charge < -0.3 is 14.7 Å². The average molecular weight is 379 g/mol. The highest BCUT2D eigenvalue weighted by Crippen LogP contribution is 2.22. The van der Waals surface area contributed by atoms with Crippen LogP contribution in [0.3, 0.4) is 0 Å². The molecule has 0 aromatic heterocycles. The molecule has 2 aliphatic heterocycles. The van der Waals surface area contributed by atoms with Gasteiger partial charge in [0.1, 0.15) is 11.6 Å². The minimum atomic E-state index is -0.581. The first-order valence-corrected chi connectivity index (χ1v) is 10.2. The van der Waals surface area contributed by atoms with Gasteiger partial charge in [-0.1, -0.05) is 6.07 Å². The number of carbonyl (C=O) groups excluding carboxylic acids is 1. The Hall–Kier alpha value is -1.53. The van der Waals surface area contributed by atoms with Crippen LogP contribution in [-0.2, 0) is 11.2 Å². The van der Waals surface area contributed by atoms with Gasteiger partial charge in [-0.3, -0.25) is 4.79 Å². The second kappa shape index (κ2) is 9.60. The number of likely N-dealkylation sites (tertiary alicyclic amines) is 1. The zero-order valence-electron chi connectivity index (χ0n) is 16.3. The van der Waals surface area contributed by atoms with Crippen molar-refractivity contribution in [1.82, 2.24) is 14.7 Å². The molecule has 1 aromatic carbocycles. The Kier molecular flexibility index (Phi) is 7.19. The molecule has 0 bridgehead atoms. The molecule has 1 amide bonds. The number of benzene rings is 1. The molecule has 27 heavy (non-hydrogen) atoms. The molecule has 0 radical (unpaired) electrons. The van der Waals surface area contributed by atoms with Crippen LogP contribution in [0, 0.1) is 11.6 Å². The fourth-order valence-corrected chi connectivity index (χ4v) is 4.14. The van der Waals surface area contributed by atoms with E-state index in [2.05, 4.69) is 16.8 Å². The van der Waals surface area contributed by atoms with Crippen molar-refractivity contribution in [2.45, 2.75) is 44.6 Å². The van der Waals surface area contributed by atoms with Crippen LogP contribution in [0.25, 0.3) is 0 Å². The molecule has 2 saturated heterocycles. The summed E-state index contributed by atoms with van der Waals surface area (Å²) in [5.74, 6) is -1.04. The summed E-state index contributed by atoms with van der Waals surface area (Å²) in [4.78, 5) is 19.6. The van der Waals surface area contributed by atoms with E-state index in [4.69, 9.17) is 0 Å². The van der Waals surface area contributed by atoms with Gasteiger partial charge in [0.15, 0.2) is 0 Å². The van der Waals surface area contributed by atoms with Gasteiger partial charge in [0.2, 0.25) is 5.91 Å². The van der Waals surface area contributed by atoms with E-state index in [9.17, 15) is 13.6 Å². The highest BCUT2D eigenvalue weighted by atomic mass is 19.1. The first kappa shape index (κ1) is 20.2. The van der Waals surface area contributed by atoms with Crippen molar-refractivity contribution in [3.63, 3.8) is 0 Å². The summed E-state index contributed by atoms with van der Waals surface area (Å²) in [5.41, 5.74) is 0.413. The van der Waals surface area contributed by atoms with Crippen LogP contribution in [-0.4, -0.2) is 73.0 Å². The van der Waals surface area contributed by atoms with E-state index in [-0.39, 0.29) is 12.3 Å². The number of hydrogen-bond donors (Lipinski definition) is 0. The highest BCUT2D eigenvalue weighted by molar-refractivity contribution is 5.77. The number of aryl methyl sites for hydroxylation is 1. The summed E-state index contributed by atoms with van der Waals surface area (Å²) < 4.78 is 26.8. The fraction of sp³-hybridized carbons (Fsp3) is 0.667. The van der Waals surface area contributed by atoms with Gasteiger partial charge in [-0.25, -0.2) is 8.78 Å². The Morgan fingerprint density at radius 3 is 2.63 bits per heavy atom. The first-order chi connectivity index (χ1) is 13.0. The summed E-state index contributed by atoms with van der Waals surface area (Å²) >= 11 is 0. The van der Waals surface area contributed by atoms with Crippen LogP contribution in [0.2, 0.25) is 0 Å². The topological polar surface area (TPSA) is 26.8 Å². The zero-order valence-corrected chi connectivity index (χ0v) is 16.3. The van der Waals surface area contributed by atoms with Crippen molar-refractivity contribution in [3.8, 4) is 0 Å². The number of carbonyl (C=O) groups is 1. The van der Waals surface area contributed by atoms with E-state index >= 15 is 0 Å². The molecule has 3 rings (SSSR count). The molecule has 0 N–H and O–H groups in total. The first-order valence-electron chi connectivity index (χ1n) is 10.2. The number of piperidine rings is 1. The number of nitrogens with zero attached hydrogens (tertiary/aromatic N) is 3. The summed E-state index contributed by atoms with van der Waals surface area (Å²) in [6, 6.07) is 3.88. The smallest absolute Gasteiger partial charge is 0.223 e. The Morgan fingerprint density at radius 1 is 1.11 bits per heavy atom. The quantitative estimate of drug-likeness (QED) is 0.760. The monoisotopic (exact) mass is 379 g/mol. The predicted molar refractivity (Wildman–Crippen MR) is 103 cm³/mol. The number of rotatable bonds is 6. The van der Waals surface area contributed by atoms with Crippen molar-refractivity contribution in [2.75, 3.05) is 46.3 Å². The maximum absolute atomic E-state index is 13.8. The Labute approximate surface area is 161 Å². The molecular weight excluding hydrogens is 348 g/mol. The number of hydrogen-bond acceptors (Lipinski definition) is 3. The number of likely N-dealkylation sites (N-methyl/N-ethyl adjacent to an activating group) is 1. The molecule has 2 aliphatic rings. The van der Waals surface area contributed by atoms with Gasteiger partial charge in [-0.05, 0) is 50.8 Å². The highest BCUT2D eigenvalue weighted by Gasteiger charge is 2.27. The molecule has 1 atom stereocenters. The van der Waals surface area contributed by atoms with Gasteiger partial charge >= 0.3 is 0 Å². The van der Waals surface area contributed by atoms with Gasteiger partial charge in [0.05, 0.1) is 0 Å². The number of piperazine rings is 1. The van der Waals surface area contributed by atoms with E-state index in [1.54, 1.807) is 0 Å². The molecule has 6 heteroatoms. The lowest BCUT2D eigenvalue weighted by atomic mass is 9.97. The summed E-state index contributed by atoms with van der Waals surface area (Å²) in [5, 5.41) is 0. The Bertz CT molecular complexity index is 632. The van der Waals surface area contributed by atoms with Gasteiger partial charge in [-0.15, -0.1) is 0 Å². The van der Waals surface area contributed by atoms with Crippen LogP contribution < -0.4 is 0 Å². The summed E-state index contributed by atoms with van der Waals surface area (Å²) in [6.07, 6.45) is 4.90. The van der Waals surface area contributed by atoms with Crippen molar-refractivity contribution >= 4 is 5.91 Å². The maximum atomic E-state index is 13.8. The molecule has 2 fully saturated rings. The maximum Gasteiger partial charge on any atom is 0.223 e. The third-order valence-corrected chi connectivity index (χ3v) is 5.95. The number of amides is 1. The third kappa shape index (κ3) is 5.72. The zero-order chi connectivity index (χ0) is 19.2. The molecule has 0 spiro atoms. The molecule has 2 heterocycles. The van der Waals surface area contributed by atoms with Crippen molar-refractivity contribution in [3.05, 3.63) is 35.4 Å². The molecular formula is C21H31F2N3O. The van der Waals surface area contributed by atoms with Crippen molar-refractivity contribution in [1.29, 1.82) is 0 Å². The van der Waals surface area contributed by atoms with Crippen LogP contribution in [0.5, 0.6) is 0 Å². The molecule has 0 saturated carbocycles. The van der Waals surface area contributed by atoms with Gasteiger partial charge in [0.25, 0.3) is 0 Å². The van der Waals surface area contributed by atoms with Crippen LogP contribution >= 0.6 is 0 Å². The lowest BCUT2D eigenvalue weighted by molar-refractivity contribution is -0.135. The van der Waals surface area contributed by atoms with Crippen molar-refractivity contribution in [2.24, 2.45) is 0 Å². The molecule has 150 valence electrons. The van der Waals surface area contributed by atoms with E-state index in [1.165, 1.54) is 18.6 Å². The largest absolute Gasteiger partial charge is 0.340 e. The van der Waals surface area contributed by atoms with Crippen molar-refractivity contribution < 1.29 is 13.6 Å². The predicted octanol–water partition coefficient (Wildman–Crippen LogP) is 2.92. The van der Waals surface area contributed by atoms with Crippen LogP contribution in [0.15, 0.2) is 18.2 Å². The fourth-order valence-electron chi connectivity index (χ4n) is 4.14. The van der Waals surface area contributed by atoms with Crippen LogP contribution in [0.1, 0.15) is 37.7 Å². The normalized spacial score (nSPS) is 22.2. The molecule has 4 nitrogen and oxygen atoms in total. The molecule has 1 aromatic rings. The third-order valence-electron chi connectivity index (χ3n) is 5.95. The number of halogens is 2. The second-order valence-electron chi connectivity index (χ2n) is 7.91. The minimum absolute atomic E-state index is 0.0989. The average Bonchev–Trinajstić information content (AvgIpc) is 2.67. The van der Waals surface area contributed by atoms with E-state index in [0.717, 1.165) is 64.6 Å². The Morgan fingerprint density at radius 2 is 1.89 bits per heavy atom. The lowest BCUT2D eigenvalue weighted by Gasteiger charge is -2.38. The standard InChI is InChI=1S/C21H31F2N3O/c1-24-12-14-25(15-13-24)11-9-19-4-2-3-10-26(19)21(27)8-6-17-5-7-18(22)16-20(17)23/h5,7,16,19H,2-4,6,8-15H2,1H3/t19-/m1/s1. The van der Waals surface area contributed by atoms with E-state index < -0.39 is 11.6 Å². The lowest BCUT2D eigenvalue weighted by Crippen LogP contribution is -2.48. The minimum Gasteiger partial charge on any atom is -0.340 e. The summed E-state index contributed by atoms with van der Waals surface area (Å²) in [7, 11) is 2.16. The van der Waals surface area contributed by atoms with Crippen LogP contribution in [0.4, 0.5) is 8.78 Å². The molecule has 0 aliphatic carbocycles. The molecule has 0 unspecified atom stereocenters. The Balaban J connectivity index is 1.50. The van der Waals surface area contributed by atoms with Gasteiger partial charge in [-0.2, -0.15) is 0 Å².